The van der Waals surface area contributed by atoms with E-state index in [1.165, 1.54) is 0 Å². The first kappa shape index (κ1) is 22.9. The first-order chi connectivity index (χ1) is 17.1. The van der Waals surface area contributed by atoms with E-state index < -0.39 is 5.76 Å². The van der Waals surface area contributed by atoms with E-state index in [0.717, 1.165) is 55.1 Å². The molecule has 0 atom stereocenters. The smallest absolute Gasteiger partial charge is 0.408 e. The Morgan fingerprint density at radius 1 is 1.11 bits per heavy atom. The van der Waals surface area contributed by atoms with Crippen LogP contribution in [0.2, 0.25) is 0 Å². The van der Waals surface area contributed by atoms with Crippen LogP contribution in [0.4, 0.5) is 5.69 Å². The predicted molar refractivity (Wildman–Crippen MR) is 137 cm³/mol. The van der Waals surface area contributed by atoms with Crippen LogP contribution in [0.3, 0.4) is 0 Å². The number of amides is 1. The minimum atomic E-state index is -0.449. The van der Waals surface area contributed by atoms with Gasteiger partial charge >= 0.3 is 5.76 Å². The van der Waals surface area contributed by atoms with Gasteiger partial charge in [0.25, 0.3) is 5.91 Å². The fraction of sp³-hybridized carbons (Fsp3) is 0.296. The number of pyridine rings is 1. The van der Waals surface area contributed by atoms with Crippen molar-refractivity contribution in [2.24, 2.45) is 0 Å². The minimum absolute atomic E-state index is 0.161. The summed E-state index contributed by atoms with van der Waals surface area (Å²) in [5.74, 6) is -0.610. The molecular formula is C27H29N5O3. The molecule has 4 aromatic rings. The summed E-state index contributed by atoms with van der Waals surface area (Å²) >= 11 is 0. The molecule has 1 fully saturated rings. The number of piperazine rings is 1. The van der Waals surface area contributed by atoms with Gasteiger partial charge in [-0.25, -0.2) is 4.79 Å². The van der Waals surface area contributed by atoms with Gasteiger partial charge in [-0.15, -0.1) is 0 Å². The fourth-order valence-electron chi connectivity index (χ4n) is 4.37. The van der Waals surface area contributed by atoms with Crippen LogP contribution in [-0.2, 0) is 6.54 Å². The number of rotatable bonds is 7. The highest BCUT2D eigenvalue weighted by molar-refractivity contribution is 5.97. The Kier molecular flexibility index (Phi) is 6.63. The van der Waals surface area contributed by atoms with Crippen molar-refractivity contribution in [3.63, 3.8) is 0 Å². The first-order valence-corrected chi connectivity index (χ1v) is 12.0. The van der Waals surface area contributed by atoms with Crippen molar-refractivity contribution in [2.45, 2.75) is 19.9 Å². The third-order valence-electron chi connectivity index (χ3n) is 6.26. The number of oxazole rings is 1. The van der Waals surface area contributed by atoms with Crippen LogP contribution in [0, 0.1) is 0 Å². The van der Waals surface area contributed by atoms with Gasteiger partial charge in [-0.05, 0) is 48.4 Å². The number of hydrogen-bond acceptors (Lipinski definition) is 6. The predicted octanol–water partition coefficient (Wildman–Crippen LogP) is 3.25. The van der Waals surface area contributed by atoms with Crippen LogP contribution < -0.4 is 21.3 Å². The first-order valence-electron chi connectivity index (χ1n) is 12.0. The van der Waals surface area contributed by atoms with Crippen LogP contribution >= 0.6 is 0 Å². The Morgan fingerprint density at radius 2 is 1.97 bits per heavy atom. The van der Waals surface area contributed by atoms with E-state index in [9.17, 15) is 9.59 Å². The third kappa shape index (κ3) is 4.97. The summed E-state index contributed by atoms with van der Waals surface area (Å²) in [6.07, 6.45) is 2.78. The van der Waals surface area contributed by atoms with Crippen molar-refractivity contribution in [2.75, 3.05) is 37.6 Å². The van der Waals surface area contributed by atoms with Crippen molar-refractivity contribution in [1.82, 2.24) is 20.2 Å². The summed E-state index contributed by atoms with van der Waals surface area (Å²) in [6, 6.07) is 17.2. The van der Waals surface area contributed by atoms with Crippen LogP contribution in [0.1, 0.15) is 29.3 Å². The van der Waals surface area contributed by atoms with Gasteiger partial charge in [-0.1, -0.05) is 25.1 Å². The molecule has 1 amide bonds. The molecule has 1 aliphatic rings. The molecule has 5 rings (SSSR count). The maximum atomic E-state index is 12.6. The lowest BCUT2D eigenvalue weighted by Gasteiger charge is -2.29. The van der Waals surface area contributed by atoms with E-state index >= 15 is 0 Å². The number of hydrogen-bond donors (Lipinski definition) is 2. The highest BCUT2D eigenvalue weighted by Gasteiger charge is 2.14. The van der Waals surface area contributed by atoms with Gasteiger partial charge < -0.3 is 20.0 Å². The quantitative estimate of drug-likeness (QED) is 0.430. The van der Waals surface area contributed by atoms with Gasteiger partial charge in [0, 0.05) is 43.9 Å². The molecule has 2 aromatic heterocycles. The number of benzene rings is 2. The van der Waals surface area contributed by atoms with Gasteiger partial charge in [-0.2, -0.15) is 0 Å². The molecule has 1 aliphatic heterocycles. The van der Waals surface area contributed by atoms with Crippen molar-refractivity contribution < 1.29 is 9.21 Å². The fourth-order valence-corrected chi connectivity index (χ4v) is 4.37. The summed E-state index contributed by atoms with van der Waals surface area (Å²) in [5.41, 5.74) is 5.50. The molecule has 0 radical (unpaired) electrons. The lowest BCUT2D eigenvalue weighted by atomic mass is 10.1. The highest BCUT2D eigenvalue weighted by atomic mass is 16.4. The number of nitrogens with one attached hydrogen (secondary N) is 2. The number of fused-ring (bicyclic) bond motifs is 1. The van der Waals surface area contributed by atoms with Crippen molar-refractivity contribution in [1.29, 1.82) is 0 Å². The number of aromatic nitrogens is 2. The monoisotopic (exact) mass is 471 g/mol. The standard InChI is InChI=1S/C27H29N5O3/c1-2-10-29-26(33)21-6-9-25-24(16-21)32(27(34)35-25)18-19-4-3-5-20(15-19)23-8-7-22(17-30-23)31-13-11-28-12-14-31/h3-9,15-17,28H,2,10-14,18H2,1H3,(H,29,33). The third-order valence-corrected chi connectivity index (χ3v) is 6.26. The van der Waals surface area contributed by atoms with Gasteiger partial charge in [0.05, 0.1) is 29.6 Å². The van der Waals surface area contributed by atoms with Gasteiger partial charge in [0.1, 0.15) is 0 Å². The second-order valence-corrected chi connectivity index (χ2v) is 8.73. The Morgan fingerprint density at radius 3 is 2.74 bits per heavy atom. The maximum Gasteiger partial charge on any atom is 0.420 e. The van der Waals surface area contributed by atoms with Crippen molar-refractivity contribution in [3.8, 4) is 11.3 Å². The van der Waals surface area contributed by atoms with E-state index in [1.54, 1.807) is 22.8 Å². The molecule has 0 saturated carbocycles. The number of carbonyl (C=O) groups excluding carboxylic acids is 1. The highest BCUT2D eigenvalue weighted by Crippen LogP contribution is 2.23. The van der Waals surface area contributed by atoms with E-state index in [-0.39, 0.29) is 5.91 Å². The molecule has 8 nitrogen and oxygen atoms in total. The lowest BCUT2D eigenvalue weighted by Crippen LogP contribution is -2.43. The molecule has 0 unspecified atom stereocenters. The summed E-state index contributed by atoms with van der Waals surface area (Å²) < 4.78 is 6.99. The molecule has 1 saturated heterocycles. The molecule has 180 valence electrons. The largest absolute Gasteiger partial charge is 0.420 e. The maximum absolute atomic E-state index is 12.6. The zero-order chi connectivity index (χ0) is 24.2. The van der Waals surface area contributed by atoms with E-state index in [2.05, 4.69) is 21.6 Å². The Hall–Kier alpha value is -3.91. The van der Waals surface area contributed by atoms with E-state index in [0.29, 0.717) is 29.8 Å². The van der Waals surface area contributed by atoms with Crippen LogP contribution in [-0.4, -0.2) is 48.2 Å². The molecule has 0 spiro atoms. The lowest BCUT2D eigenvalue weighted by molar-refractivity contribution is 0.0954. The minimum Gasteiger partial charge on any atom is -0.408 e. The Bertz CT molecular complexity index is 1380. The van der Waals surface area contributed by atoms with Crippen LogP contribution in [0.25, 0.3) is 22.4 Å². The Labute approximate surface area is 203 Å². The molecule has 3 heterocycles. The van der Waals surface area contributed by atoms with Crippen molar-refractivity contribution >= 4 is 22.7 Å². The Balaban J connectivity index is 1.39. The van der Waals surface area contributed by atoms with Crippen molar-refractivity contribution in [3.05, 3.63) is 82.5 Å². The van der Waals surface area contributed by atoms with Gasteiger partial charge in [0.15, 0.2) is 5.58 Å². The molecule has 8 heteroatoms. The summed E-state index contributed by atoms with van der Waals surface area (Å²) in [7, 11) is 0. The molecule has 2 N–H and O–H groups in total. The van der Waals surface area contributed by atoms with Gasteiger partial charge in [-0.3, -0.25) is 14.3 Å². The van der Waals surface area contributed by atoms with E-state index in [4.69, 9.17) is 9.40 Å². The zero-order valence-electron chi connectivity index (χ0n) is 19.8. The van der Waals surface area contributed by atoms with Crippen LogP contribution in [0.15, 0.2) is 70.0 Å². The number of anilines is 1. The SMILES string of the molecule is CCCNC(=O)c1ccc2oc(=O)n(Cc3cccc(-c4ccc(N5CCNCC5)cn4)c3)c2c1. The summed E-state index contributed by atoms with van der Waals surface area (Å²) in [4.78, 5) is 32.0. The second kappa shape index (κ2) is 10.1. The average Bonchev–Trinajstić information content (AvgIpc) is 3.22. The van der Waals surface area contributed by atoms with Crippen LogP contribution in [0.5, 0.6) is 0 Å². The molecule has 35 heavy (non-hydrogen) atoms. The topological polar surface area (TPSA) is 92.4 Å². The molecular weight excluding hydrogens is 442 g/mol. The molecule has 2 aromatic carbocycles. The number of nitrogens with zero attached hydrogens (tertiary/aromatic N) is 3. The van der Waals surface area contributed by atoms with E-state index in [1.807, 2.05) is 43.5 Å². The van der Waals surface area contributed by atoms with Gasteiger partial charge in [0.2, 0.25) is 0 Å². The zero-order valence-corrected chi connectivity index (χ0v) is 19.8. The summed E-state index contributed by atoms with van der Waals surface area (Å²) in [6.45, 7) is 6.86. The average molecular weight is 472 g/mol. The summed E-state index contributed by atoms with van der Waals surface area (Å²) in [5, 5.41) is 6.23. The molecule has 0 aliphatic carbocycles. The normalized spacial score (nSPS) is 13.8. The number of carbonyl (C=O) groups is 1. The second-order valence-electron chi connectivity index (χ2n) is 8.73. The molecule has 0 bridgehead atoms.